The number of nitrogens with zero attached hydrogens (tertiary/aromatic N) is 2. The Morgan fingerprint density at radius 3 is 2.42 bits per heavy atom. The first-order valence-corrected chi connectivity index (χ1v) is 7.52. The number of esters is 1. The Balaban J connectivity index is 2.41. The lowest BCUT2D eigenvalue weighted by Gasteiger charge is -2.20. The molecule has 1 aromatic heterocycles. The molecule has 10 heteroatoms. The van der Waals surface area contributed by atoms with E-state index in [-0.39, 0.29) is 11.1 Å². The average molecular weight is 374 g/mol. The van der Waals surface area contributed by atoms with Crippen molar-refractivity contribution in [1.82, 2.24) is 9.78 Å². The van der Waals surface area contributed by atoms with Gasteiger partial charge in [-0.05, 0) is 26.8 Å². The molecule has 2 rings (SSSR count). The molecule has 1 heterocycles. The van der Waals surface area contributed by atoms with E-state index in [2.05, 4.69) is 9.84 Å². The van der Waals surface area contributed by atoms with Gasteiger partial charge in [0, 0.05) is 23.2 Å². The van der Waals surface area contributed by atoms with Gasteiger partial charge in [-0.2, -0.15) is 5.10 Å². The summed E-state index contributed by atoms with van der Waals surface area (Å²) in [4.78, 5) is 22.7. The molecule has 1 N–H and O–H groups in total. The Morgan fingerprint density at radius 2 is 1.88 bits per heavy atom. The lowest BCUT2D eigenvalue weighted by atomic mass is 10.1. The molecule has 7 nitrogen and oxygen atoms in total. The van der Waals surface area contributed by atoms with Gasteiger partial charge in [0.1, 0.15) is 17.9 Å². The highest BCUT2D eigenvalue weighted by Gasteiger charge is 2.33. The van der Waals surface area contributed by atoms with Crippen molar-refractivity contribution in [3.05, 3.63) is 23.9 Å². The van der Waals surface area contributed by atoms with Gasteiger partial charge in [0.05, 0.1) is 11.9 Å². The standard InChI is InChI=1S/C16H17F3N2O5/c1-15(2,3)26-14(24)5-9-4-10-7-21(8-13(22)23)20-11(10)6-12(9)25-16(17,18)19/h4,6-7H,5,8H2,1-3H3,(H,22,23). The van der Waals surface area contributed by atoms with E-state index < -0.39 is 42.6 Å². The predicted molar refractivity (Wildman–Crippen MR) is 83.6 cm³/mol. The van der Waals surface area contributed by atoms with Crippen LogP contribution in [0.3, 0.4) is 0 Å². The number of carboxylic acids is 1. The van der Waals surface area contributed by atoms with E-state index in [9.17, 15) is 22.8 Å². The highest BCUT2D eigenvalue weighted by Crippen LogP contribution is 2.31. The molecule has 0 fully saturated rings. The SMILES string of the molecule is CC(C)(C)OC(=O)Cc1cc2cn(CC(=O)O)nc2cc1OC(F)(F)F. The second-order valence-electron chi connectivity index (χ2n) is 6.55. The second-order valence-corrected chi connectivity index (χ2v) is 6.55. The number of hydrogen-bond acceptors (Lipinski definition) is 5. The Morgan fingerprint density at radius 1 is 1.23 bits per heavy atom. The Kier molecular flexibility index (Phi) is 5.15. The lowest BCUT2D eigenvalue weighted by Crippen LogP contribution is -2.25. The van der Waals surface area contributed by atoms with Crippen LogP contribution < -0.4 is 4.74 Å². The number of aliphatic carboxylic acids is 1. The van der Waals surface area contributed by atoms with E-state index in [1.807, 2.05) is 0 Å². The second kappa shape index (κ2) is 6.85. The number of alkyl halides is 3. The minimum atomic E-state index is -4.96. The van der Waals surface area contributed by atoms with Crippen molar-refractivity contribution in [3.8, 4) is 5.75 Å². The summed E-state index contributed by atoms with van der Waals surface area (Å²) in [6.07, 6.45) is -4.04. The molecule has 0 aliphatic heterocycles. The third-order valence-corrected chi connectivity index (χ3v) is 3.01. The maximum atomic E-state index is 12.7. The molecule has 0 aliphatic rings. The first-order chi connectivity index (χ1) is 11.8. The van der Waals surface area contributed by atoms with Crippen molar-refractivity contribution < 1.29 is 37.3 Å². The normalized spacial score (nSPS) is 12.2. The molecule has 0 aliphatic carbocycles. The molecule has 0 spiro atoms. The van der Waals surface area contributed by atoms with Gasteiger partial charge in [-0.1, -0.05) is 0 Å². The molecule has 0 radical (unpaired) electrons. The first-order valence-electron chi connectivity index (χ1n) is 7.52. The zero-order valence-corrected chi connectivity index (χ0v) is 14.3. The van der Waals surface area contributed by atoms with Crippen LogP contribution >= 0.6 is 0 Å². The molecule has 26 heavy (non-hydrogen) atoms. The van der Waals surface area contributed by atoms with Crippen molar-refractivity contribution in [2.24, 2.45) is 0 Å². The molecule has 0 saturated heterocycles. The number of benzene rings is 1. The van der Waals surface area contributed by atoms with E-state index in [1.165, 1.54) is 12.3 Å². The molecule has 0 unspecified atom stereocenters. The highest BCUT2D eigenvalue weighted by molar-refractivity contribution is 5.84. The smallest absolute Gasteiger partial charge is 0.480 e. The number of rotatable bonds is 5. The molecule has 2 aromatic rings. The predicted octanol–water partition coefficient (Wildman–Crippen LogP) is 2.90. The molecular formula is C16H17F3N2O5. The molecular weight excluding hydrogens is 357 g/mol. The highest BCUT2D eigenvalue weighted by atomic mass is 19.4. The summed E-state index contributed by atoms with van der Waals surface area (Å²) in [5.74, 6) is -2.46. The summed E-state index contributed by atoms with van der Waals surface area (Å²) < 4.78 is 48.2. The summed E-state index contributed by atoms with van der Waals surface area (Å²) in [7, 11) is 0. The van der Waals surface area contributed by atoms with Gasteiger partial charge < -0.3 is 14.6 Å². The van der Waals surface area contributed by atoms with Crippen molar-refractivity contribution in [1.29, 1.82) is 0 Å². The first kappa shape index (κ1) is 19.5. The fourth-order valence-electron chi connectivity index (χ4n) is 2.26. The van der Waals surface area contributed by atoms with Crippen LogP contribution in [-0.4, -0.2) is 38.8 Å². The van der Waals surface area contributed by atoms with Gasteiger partial charge in [-0.15, -0.1) is 13.2 Å². The van der Waals surface area contributed by atoms with Crippen molar-refractivity contribution in [2.75, 3.05) is 0 Å². The van der Waals surface area contributed by atoms with E-state index in [0.717, 1.165) is 10.7 Å². The Bertz CT molecular complexity index is 837. The van der Waals surface area contributed by atoms with Crippen LogP contribution in [0.4, 0.5) is 13.2 Å². The lowest BCUT2D eigenvalue weighted by molar-refractivity contribution is -0.274. The zero-order chi connectivity index (χ0) is 19.7. The van der Waals surface area contributed by atoms with E-state index in [0.29, 0.717) is 5.39 Å². The van der Waals surface area contributed by atoms with Gasteiger partial charge in [0.15, 0.2) is 0 Å². The third kappa shape index (κ3) is 5.64. The van der Waals surface area contributed by atoms with Crippen molar-refractivity contribution in [2.45, 2.75) is 45.7 Å². The molecule has 0 amide bonds. The van der Waals surface area contributed by atoms with Crippen LogP contribution in [-0.2, 0) is 27.3 Å². The minimum Gasteiger partial charge on any atom is -0.480 e. The Labute approximate surface area is 146 Å². The van der Waals surface area contributed by atoms with E-state index >= 15 is 0 Å². The number of ether oxygens (including phenoxy) is 2. The van der Waals surface area contributed by atoms with Crippen LogP contribution in [0.25, 0.3) is 10.9 Å². The maximum absolute atomic E-state index is 12.7. The van der Waals surface area contributed by atoms with Gasteiger partial charge in [-0.25, -0.2) is 0 Å². The molecule has 0 bridgehead atoms. The van der Waals surface area contributed by atoms with E-state index in [1.54, 1.807) is 20.8 Å². The monoisotopic (exact) mass is 374 g/mol. The van der Waals surface area contributed by atoms with Gasteiger partial charge >= 0.3 is 18.3 Å². The summed E-state index contributed by atoms with van der Waals surface area (Å²) in [5, 5.41) is 13.1. The van der Waals surface area contributed by atoms with Gasteiger partial charge in [-0.3, -0.25) is 14.3 Å². The topological polar surface area (TPSA) is 90.7 Å². The van der Waals surface area contributed by atoms with E-state index in [4.69, 9.17) is 9.84 Å². The number of carbonyl (C=O) groups is 2. The van der Waals surface area contributed by atoms with Crippen LogP contribution in [0, 0.1) is 0 Å². The Hall–Kier alpha value is -2.78. The molecule has 1 aromatic carbocycles. The van der Waals surface area contributed by atoms with Crippen LogP contribution in [0.5, 0.6) is 5.75 Å². The number of aromatic nitrogens is 2. The van der Waals surface area contributed by atoms with Crippen LogP contribution in [0.2, 0.25) is 0 Å². The molecule has 0 atom stereocenters. The van der Waals surface area contributed by atoms with Crippen molar-refractivity contribution >= 4 is 22.8 Å². The zero-order valence-electron chi connectivity index (χ0n) is 14.3. The molecule has 142 valence electrons. The number of hydrogen-bond donors (Lipinski definition) is 1. The summed E-state index contributed by atoms with van der Waals surface area (Å²) >= 11 is 0. The minimum absolute atomic E-state index is 0.0426. The summed E-state index contributed by atoms with van der Waals surface area (Å²) in [6.45, 7) is 4.46. The fraction of sp³-hybridized carbons (Fsp3) is 0.438. The number of carboxylic acid groups (broad SMARTS) is 1. The van der Waals surface area contributed by atoms with Gasteiger partial charge in [0.25, 0.3) is 0 Å². The van der Waals surface area contributed by atoms with Gasteiger partial charge in [0.2, 0.25) is 0 Å². The largest absolute Gasteiger partial charge is 0.573 e. The maximum Gasteiger partial charge on any atom is 0.573 e. The van der Waals surface area contributed by atoms with Crippen LogP contribution in [0.15, 0.2) is 18.3 Å². The third-order valence-electron chi connectivity index (χ3n) is 3.01. The van der Waals surface area contributed by atoms with Crippen LogP contribution in [0.1, 0.15) is 26.3 Å². The summed E-state index contributed by atoms with van der Waals surface area (Å²) in [6, 6.07) is 2.31. The molecule has 0 saturated carbocycles. The summed E-state index contributed by atoms with van der Waals surface area (Å²) in [5.41, 5.74) is -0.726. The number of carbonyl (C=O) groups excluding carboxylic acids is 1. The van der Waals surface area contributed by atoms with Crippen molar-refractivity contribution in [3.63, 3.8) is 0 Å². The average Bonchev–Trinajstić information content (AvgIpc) is 2.74. The number of halogens is 3. The fourth-order valence-corrected chi connectivity index (χ4v) is 2.26. The number of fused-ring (bicyclic) bond motifs is 1. The quantitative estimate of drug-likeness (QED) is 0.810.